The third-order valence-electron chi connectivity index (χ3n) is 15.6. The Balaban J connectivity index is 5.26. The molecule has 0 bridgehead atoms. The number of rotatable bonds is 63. The molecule has 0 aliphatic carbocycles. The lowest BCUT2D eigenvalue weighted by molar-refractivity contribution is -0.161. The number of esters is 4. The maximum atomic E-state index is 13.0. The fourth-order valence-electron chi connectivity index (χ4n) is 9.59. The van der Waals surface area contributed by atoms with Crippen molar-refractivity contribution in [3.63, 3.8) is 0 Å². The van der Waals surface area contributed by atoms with E-state index in [2.05, 4.69) is 48.5 Å². The molecule has 0 aromatic rings. The summed E-state index contributed by atoms with van der Waals surface area (Å²) in [7, 11) is -9.89. The van der Waals surface area contributed by atoms with Gasteiger partial charge in [0.2, 0.25) is 0 Å². The number of phosphoric acid groups is 2. The molecule has 0 radical (unpaired) electrons. The SMILES string of the molecule is CCCCCCCCCCCCCC(=O)OC[C@H](COP(=O)(O)OC[C@@H](O)COP(=O)(O)OC[C@@H](COC(=O)CCCCCCCCC(C)CC)OC(=O)CCCCCCCCC(C)CC)OC(=O)CCCCCCCCCCCCC(C)C. The first-order valence-corrected chi connectivity index (χ1v) is 36.9. The largest absolute Gasteiger partial charge is 0.472 e. The second-order valence-corrected chi connectivity index (χ2v) is 27.4. The van der Waals surface area contributed by atoms with Crippen molar-refractivity contribution in [3.05, 3.63) is 0 Å². The van der Waals surface area contributed by atoms with Crippen molar-refractivity contribution < 1.29 is 80.2 Å². The van der Waals surface area contributed by atoms with Crippen LogP contribution in [-0.4, -0.2) is 96.7 Å². The van der Waals surface area contributed by atoms with Crippen molar-refractivity contribution in [3.8, 4) is 0 Å². The van der Waals surface area contributed by atoms with Crippen LogP contribution in [0.15, 0.2) is 0 Å². The van der Waals surface area contributed by atoms with Gasteiger partial charge in [-0.2, -0.15) is 0 Å². The van der Waals surface area contributed by atoms with Crippen LogP contribution in [0.2, 0.25) is 0 Å². The molecule has 0 aliphatic heterocycles. The van der Waals surface area contributed by atoms with E-state index < -0.39 is 97.5 Å². The molecule has 498 valence electrons. The van der Waals surface area contributed by atoms with Crippen LogP contribution in [0.5, 0.6) is 0 Å². The number of phosphoric ester groups is 2. The molecule has 4 unspecified atom stereocenters. The van der Waals surface area contributed by atoms with Crippen LogP contribution < -0.4 is 0 Å². The van der Waals surface area contributed by atoms with E-state index in [-0.39, 0.29) is 25.7 Å². The Bertz CT molecular complexity index is 1670. The number of ether oxygens (including phenoxy) is 4. The Morgan fingerprint density at radius 1 is 0.345 bits per heavy atom. The molecule has 0 heterocycles. The van der Waals surface area contributed by atoms with Crippen molar-refractivity contribution in [2.45, 2.75) is 336 Å². The Hall–Kier alpha value is -1.94. The molecule has 0 fully saturated rings. The molecular weight excluding hydrogens is 1110 g/mol. The topological polar surface area (TPSA) is 237 Å². The number of unbranched alkanes of at least 4 members (excludes halogenated alkanes) is 29. The lowest BCUT2D eigenvalue weighted by Gasteiger charge is -2.21. The van der Waals surface area contributed by atoms with E-state index in [1.54, 1.807) is 0 Å². The maximum absolute atomic E-state index is 13.0. The molecule has 17 nitrogen and oxygen atoms in total. The first kappa shape index (κ1) is 82.1. The third kappa shape index (κ3) is 56.6. The highest BCUT2D eigenvalue weighted by atomic mass is 31.2. The normalized spacial score (nSPS) is 15.0. The van der Waals surface area contributed by atoms with Gasteiger partial charge in [0.15, 0.2) is 12.2 Å². The molecule has 0 spiro atoms. The summed E-state index contributed by atoms with van der Waals surface area (Å²) in [5, 5.41) is 10.5. The summed E-state index contributed by atoms with van der Waals surface area (Å²) in [5.74, 6) is 0.0661. The number of hydrogen-bond donors (Lipinski definition) is 3. The molecule has 7 atom stereocenters. The minimum atomic E-state index is -4.95. The Morgan fingerprint density at radius 2 is 0.607 bits per heavy atom. The number of aliphatic hydroxyl groups excluding tert-OH is 1. The van der Waals surface area contributed by atoms with E-state index in [0.717, 1.165) is 114 Å². The second kappa shape index (κ2) is 56.3. The molecule has 0 rings (SSSR count). The van der Waals surface area contributed by atoms with Gasteiger partial charge in [0.05, 0.1) is 26.4 Å². The summed E-state index contributed by atoms with van der Waals surface area (Å²) in [6.45, 7) is 11.7. The zero-order valence-corrected chi connectivity index (χ0v) is 56.1. The van der Waals surface area contributed by atoms with Gasteiger partial charge in [-0.25, -0.2) is 9.13 Å². The smallest absolute Gasteiger partial charge is 0.462 e. The average Bonchev–Trinajstić information content (AvgIpc) is 3.58. The second-order valence-electron chi connectivity index (χ2n) is 24.5. The van der Waals surface area contributed by atoms with Crippen molar-refractivity contribution in [1.82, 2.24) is 0 Å². The molecule has 3 N–H and O–H groups in total. The van der Waals surface area contributed by atoms with Crippen LogP contribution in [0.3, 0.4) is 0 Å². The highest BCUT2D eigenvalue weighted by Crippen LogP contribution is 2.45. The fraction of sp³-hybridized carbons (Fsp3) is 0.938. The summed E-state index contributed by atoms with van der Waals surface area (Å²) >= 11 is 0. The molecule has 0 aromatic heterocycles. The molecule has 0 amide bonds. The van der Waals surface area contributed by atoms with Crippen LogP contribution in [0.4, 0.5) is 0 Å². The van der Waals surface area contributed by atoms with Crippen molar-refractivity contribution in [1.29, 1.82) is 0 Å². The van der Waals surface area contributed by atoms with Crippen molar-refractivity contribution >= 4 is 39.5 Å². The number of carbonyl (C=O) groups excluding carboxylic acids is 4. The predicted octanol–water partition coefficient (Wildman–Crippen LogP) is 17.9. The fourth-order valence-corrected chi connectivity index (χ4v) is 11.2. The van der Waals surface area contributed by atoms with Crippen LogP contribution in [-0.2, 0) is 65.4 Å². The zero-order valence-electron chi connectivity index (χ0n) is 54.4. The first-order valence-electron chi connectivity index (χ1n) is 33.9. The van der Waals surface area contributed by atoms with Gasteiger partial charge in [-0.1, -0.05) is 267 Å². The monoisotopic (exact) mass is 1240 g/mol. The van der Waals surface area contributed by atoms with Crippen molar-refractivity contribution in [2.24, 2.45) is 17.8 Å². The molecule has 0 aliphatic rings. The molecule has 0 saturated heterocycles. The molecule has 19 heteroatoms. The van der Waals surface area contributed by atoms with Crippen molar-refractivity contribution in [2.75, 3.05) is 39.6 Å². The van der Waals surface area contributed by atoms with Gasteiger partial charge in [-0.15, -0.1) is 0 Å². The molecular formula is C65H126O17P2. The van der Waals surface area contributed by atoms with Gasteiger partial charge in [0.25, 0.3) is 0 Å². The first-order chi connectivity index (χ1) is 40.3. The highest BCUT2D eigenvalue weighted by Gasteiger charge is 2.30. The molecule has 84 heavy (non-hydrogen) atoms. The lowest BCUT2D eigenvalue weighted by atomic mass is 10.00. The maximum Gasteiger partial charge on any atom is 0.472 e. The average molecular weight is 1240 g/mol. The molecule has 0 saturated carbocycles. The highest BCUT2D eigenvalue weighted by molar-refractivity contribution is 7.47. The zero-order chi connectivity index (χ0) is 62.4. The van der Waals surface area contributed by atoms with Gasteiger partial charge in [0.1, 0.15) is 19.3 Å². The Labute approximate surface area is 511 Å². The van der Waals surface area contributed by atoms with E-state index in [4.69, 9.17) is 37.0 Å². The summed E-state index contributed by atoms with van der Waals surface area (Å²) < 4.78 is 68.0. The minimum absolute atomic E-state index is 0.102. The quantitative estimate of drug-likeness (QED) is 0.0222. The van der Waals surface area contributed by atoms with E-state index in [9.17, 15) is 43.2 Å². The number of hydrogen-bond acceptors (Lipinski definition) is 15. The molecule has 0 aromatic carbocycles. The van der Waals surface area contributed by atoms with E-state index >= 15 is 0 Å². The summed E-state index contributed by atoms with van der Waals surface area (Å²) in [5.41, 5.74) is 0. The Kier molecular flexibility index (Phi) is 55.0. The van der Waals surface area contributed by atoms with Gasteiger partial charge < -0.3 is 33.8 Å². The van der Waals surface area contributed by atoms with Gasteiger partial charge in [-0.3, -0.25) is 37.3 Å². The Morgan fingerprint density at radius 3 is 0.905 bits per heavy atom. The van der Waals surface area contributed by atoms with Crippen LogP contribution in [0.25, 0.3) is 0 Å². The third-order valence-corrected chi connectivity index (χ3v) is 17.5. The standard InChI is InChI=1S/C65H126O17P2/c1-8-11-12-13-14-15-16-20-23-32-39-46-62(67)75-52-60(81-64(69)48-41-34-24-21-18-17-19-22-29-36-43-56(4)5)54-79-83(71,72)77-50-59(66)51-78-84(73,74)80-55-61(82-65(70)49-42-35-28-26-31-38-45-58(7)10-3)53-76-63(68)47-40-33-27-25-30-37-44-57(6)9-2/h56-61,66H,8-55H2,1-7H3,(H,71,72)(H,73,74)/t57?,58?,59-,60-,61-/m1/s1. The van der Waals surface area contributed by atoms with Gasteiger partial charge in [0, 0.05) is 25.7 Å². The van der Waals surface area contributed by atoms with Crippen LogP contribution >= 0.6 is 15.6 Å². The van der Waals surface area contributed by atoms with E-state index in [1.807, 2.05) is 0 Å². The lowest BCUT2D eigenvalue weighted by Crippen LogP contribution is -2.30. The van der Waals surface area contributed by atoms with E-state index in [1.165, 1.54) is 122 Å². The van der Waals surface area contributed by atoms with Crippen LogP contribution in [0, 0.1) is 17.8 Å². The summed E-state index contributed by atoms with van der Waals surface area (Å²) in [6, 6.07) is 0. The summed E-state index contributed by atoms with van der Waals surface area (Å²) in [6.07, 6.45) is 37.6. The minimum Gasteiger partial charge on any atom is -0.462 e. The van der Waals surface area contributed by atoms with Crippen LogP contribution in [0.1, 0.15) is 318 Å². The van der Waals surface area contributed by atoms with E-state index in [0.29, 0.717) is 25.7 Å². The summed E-state index contributed by atoms with van der Waals surface area (Å²) in [4.78, 5) is 72.3. The van der Waals surface area contributed by atoms with Gasteiger partial charge >= 0.3 is 39.5 Å². The predicted molar refractivity (Wildman–Crippen MR) is 335 cm³/mol. The number of aliphatic hydroxyl groups is 1. The van der Waals surface area contributed by atoms with Gasteiger partial charge in [-0.05, 0) is 43.4 Å². The number of carbonyl (C=O) groups is 4.